The number of carbonyl (C=O) groups is 1. The van der Waals surface area contributed by atoms with Gasteiger partial charge in [0.05, 0.1) is 5.56 Å². The van der Waals surface area contributed by atoms with Crippen molar-refractivity contribution >= 4 is 11.8 Å². The molecule has 0 atom stereocenters. The Morgan fingerprint density at radius 1 is 1.33 bits per heavy atom. The van der Waals surface area contributed by atoms with Crippen molar-refractivity contribution in [1.82, 2.24) is 9.78 Å². The fourth-order valence-electron chi connectivity index (χ4n) is 2.27. The van der Waals surface area contributed by atoms with Crippen LogP contribution in [-0.2, 0) is 6.54 Å². The van der Waals surface area contributed by atoms with Crippen LogP contribution in [0.5, 0.6) is 0 Å². The molecule has 0 aliphatic carbocycles. The van der Waals surface area contributed by atoms with Gasteiger partial charge in [0, 0.05) is 13.1 Å². The van der Waals surface area contributed by atoms with Crippen molar-refractivity contribution in [1.29, 1.82) is 0 Å². The topological polar surface area (TPSA) is 67.1 Å². The first-order valence-corrected chi connectivity index (χ1v) is 5.91. The molecule has 2 heterocycles. The van der Waals surface area contributed by atoms with E-state index in [9.17, 15) is 9.90 Å². The molecule has 0 spiro atoms. The Labute approximate surface area is 104 Å². The Kier molecular flexibility index (Phi) is 2.51. The Hall–Kier alpha value is -2.30. The molecule has 1 aromatic heterocycles. The van der Waals surface area contributed by atoms with Crippen molar-refractivity contribution in [2.75, 3.05) is 11.9 Å². The average molecular weight is 243 g/mol. The quantitative estimate of drug-likeness (QED) is 0.847. The first kappa shape index (κ1) is 10.8. The number of fused-ring (bicyclic) bond motifs is 1. The largest absolute Gasteiger partial charge is 0.476 e. The van der Waals surface area contributed by atoms with Crippen molar-refractivity contribution in [2.24, 2.45) is 0 Å². The van der Waals surface area contributed by atoms with E-state index in [1.54, 1.807) is 4.68 Å². The van der Waals surface area contributed by atoms with Crippen LogP contribution >= 0.6 is 0 Å². The molecule has 3 rings (SSSR count). The van der Waals surface area contributed by atoms with E-state index >= 15 is 0 Å². The lowest BCUT2D eigenvalue weighted by Crippen LogP contribution is -2.17. The predicted octanol–water partition coefficient (Wildman–Crippen LogP) is 2.06. The number of carboxylic acid groups (broad SMARTS) is 1. The van der Waals surface area contributed by atoms with Crippen LogP contribution in [0.4, 0.5) is 5.82 Å². The summed E-state index contributed by atoms with van der Waals surface area (Å²) in [5.74, 6) is -0.178. The number of rotatable bonds is 2. The van der Waals surface area contributed by atoms with E-state index < -0.39 is 5.97 Å². The summed E-state index contributed by atoms with van der Waals surface area (Å²) in [4.78, 5) is 11.3. The number of nitrogens with one attached hydrogen (secondary N) is 1. The van der Waals surface area contributed by atoms with E-state index in [4.69, 9.17) is 0 Å². The first-order valence-electron chi connectivity index (χ1n) is 5.91. The highest BCUT2D eigenvalue weighted by Gasteiger charge is 2.25. The van der Waals surface area contributed by atoms with Gasteiger partial charge in [-0.3, -0.25) is 0 Å². The third-order valence-corrected chi connectivity index (χ3v) is 3.06. The molecule has 0 unspecified atom stereocenters. The normalized spacial score (nSPS) is 13.8. The molecule has 1 aliphatic rings. The van der Waals surface area contributed by atoms with Crippen molar-refractivity contribution in [3.05, 3.63) is 36.0 Å². The minimum atomic E-state index is -0.988. The number of hydrogen-bond donors (Lipinski definition) is 2. The number of nitrogens with zero attached hydrogens (tertiary/aromatic N) is 2. The molecular weight excluding hydrogens is 230 g/mol. The van der Waals surface area contributed by atoms with Gasteiger partial charge in [0.2, 0.25) is 0 Å². The van der Waals surface area contributed by atoms with Crippen LogP contribution < -0.4 is 5.32 Å². The molecular formula is C13H13N3O2. The predicted molar refractivity (Wildman–Crippen MR) is 67.7 cm³/mol. The zero-order chi connectivity index (χ0) is 12.5. The van der Waals surface area contributed by atoms with E-state index in [0.717, 1.165) is 30.9 Å². The lowest BCUT2D eigenvalue weighted by Gasteiger charge is -2.16. The Morgan fingerprint density at radius 2 is 2.11 bits per heavy atom. The first-order chi connectivity index (χ1) is 8.77. The van der Waals surface area contributed by atoms with E-state index in [2.05, 4.69) is 10.4 Å². The maximum absolute atomic E-state index is 11.3. The van der Waals surface area contributed by atoms with Crippen LogP contribution in [-0.4, -0.2) is 27.4 Å². The smallest absolute Gasteiger partial charge is 0.357 e. The van der Waals surface area contributed by atoms with E-state index in [0.29, 0.717) is 5.56 Å². The van der Waals surface area contributed by atoms with Gasteiger partial charge in [0.1, 0.15) is 5.82 Å². The number of benzene rings is 1. The van der Waals surface area contributed by atoms with Gasteiger partial charge in [-0.05, 0) is 12.0 Å². The molecule has 18 heavy (non-hydrogen) atoms. The number of aryl methyl sites for hydroxylation is 1. The summed E-state index contributed by atoms with van der Waals surface area (Å²) in [6.07, 6.45) is 0.960. The van der Waals surface area contributed by atoms with Gasteiger partial charge < -0.3 is 10.4 Å². The lowest BCUT2D eigenvalue weighted by atomic mass is 10.0. The number of anilines is 1. The average Bonchev–Trinajstić information content (AvgIpc) is 2.79. The fraction of sp³-hybridized carbons (Fsp3) is 0.231. The number of carboxylic acids is 1. The van der Waals surface area contributed by atoms with Gasteiger partial charge >= 0.3 is 5.97 Å². The second-order valence-electron chi connectivity index (χ2n) is 4.25. The third-order valence-electron chi connectivity index (χ3n) is 3.06. The van der Waals surface area contributed by atoms with Crippen molar-refractivity contribution in [2.45, 2.75) is 13.0 Å². The second-order valence-corrected chi connectivity index (χ2v) is 4.25. The fourth-order valence-corrected chi connectivity index (χ4v) is 2.27. The molecule has 0 amide bonds. The maximum atomic E-state index is 11.3. The van der Waals surface area contributed by atoms with Gasteiger partial charge in [0.15, 0.2) is 5.69 Å². The highest BCUT2D eigenvalue weighted by atomic mass is 16.4. The molecule has 0 saturated carbocycles. The van der Waals surface area contributed by atoms with Gasteiger partial charge in [-0.2, -0.15) is 5.10 Å². The van der Waals surface area contributed by atoms with E-state index in [-0.39, 0.29) is 5.69 Å². The summed E-state index contributed by atoms with van der Waals surface area (Å²) < 4.78 is 1.75. The number of aromatic nitrogens is 2. The van der Waals surface area contributed by atoms with Crippen LogP contribution in [0.15, 0.2) is 30.3 Å². The van der Waals surface area contributed by atoms with Crippen LogP contribution in [0.1, 0.15) is 16.9 Å². The highest BCUT2D eigenvalue weighted by Crippen LogP contribution is 2.33. The van der Waals surface area contributed by atoms with Crippen molar-refractivity contribution in [3.63, 3.8) is 0 Å². The Balaban J connectivity index is 2.23. The molecule has 2 N–H and O–H groups in total. The molecule has 2 aromatic rings. The van der Waals surface area contributed by atoms with Gasteiger partial charge in [-0.25, -0.2) is 9.48 Å². The highest BCUT2D eigenvalue weighted by molar-refractivity contribution is 5.98. The minimum Gasteiger partial charge on any atom is -0.476 e. The summed E-state index contributed by atoms with van der Waals surface area (Å²) in [6, 6.07) is 9.51. The third kappa shape index (κ3) is 1.64. The summed E-state index contributed by atoms with van der Waals surface area (Å²) in [6.45, 7) is 1.61. The molecule has 92 valence electrons. The number of hydrogen-bond acceptors (Lipinski definition) is 3. The Bertz CT molecular complexity index is 590. The molecule has 0 fully saturated rings. The standard InChI is InChI=1S/C13H13N3O2/c17-13(18)11-10(9-5-2-1-3-6-9)12-14-7-4-8-16(12)15-11/h1-3,5-6,14H,4,7-8H2,(H,17,18). The SMILES string of the molecule is O=C(O)c1nn2c(c1-c1ccccc1)NCCC2. The Morgan fingerprint density at radius 3 is 2.83 bits per heavy atom. The zero-order valence-electron chi connectivity index (χ0n) is 9.76. The van der Waals surface area contributed by atoms with E-state index in [1.165, 1.54) is 0 Å². The molecule has 5 heteroatoms. The molecule has 1 aliphatic heterocycles. The van der Waals surface area contributed by atoms with Crippen molar-refractivity contribution < 1.29 is 9.90 Å². The molecule has 0 bridgehead atoms. The summed E-state index contributed by atoms with van der Waals surface area (Å²) in [7, 11) is 0. The molecule has 1 aromatic carbocycles. The van der Waals surface area contributed by atoms with Crippen LogP contribution in [0.25, 0.3) is 11.1 Å². The maximum Gasteiger partial charge on any atom is 0.357 e. The van der Waals surface area contributed by atoms with Gasteiger partial charge in [-0.15, -0.1) is 0 Å². The zero-order valence-corrected chi connectivity index (χ0v) is 9.76. The van der Waals surface area contributed by atoms with E-state index in [1.807, 2.05) is 30.3 Å². The van der Waals surface area contributed by atoms with Crippen LogP contribution in [0, 0.1) is 0 Å². The monoisotopic (exact) mass is 243 g/mol. The van der Waals surface area contributed by atoms with Crippen LogP contribution in [0.3, 0.4) is 0 Å². The lowest BCUT2D eigenvalue weighted by molar-refractivity contribution is 0.0690. The summed E-state index contributed by atoms with van der Waals surface area (Å²) in [5, 5.41) is 16.7. The second kappa shape index (κ2) is 4.18. The molecule has 0 saturated heterocycles. The molecule has 5 nitrogen and oxygen atoms in total. The van der Waals surface area contributed by atoms with Gasteiger partial charge in [0.25, 0.3) is 0 Å². The van der Waals surface area contributed by atoms with Crippen LogP contribution in [0.2, 0.25) is 0 Å². The summed E-state index contributed by atoms with van der Waals surface area (Å²) >= 11 is 0. The summed E-state index contributed by atoms with van der Waals surface area (Å²) in [5.41, 5.74) is 1.68. The minimum absolute atomic E-state index is 0.116. The number of aromatic carboxylic acids is 1. The molecule has 0 radical (unpaired) electrons. The van der Waals surface area contributed by atoms with Gasteiger partial charge in [-0.1, -0.05) is 30.3 Å². The van der Waals surface area contributed by atoms with Crippen molar-refractivity contribution in [3.8, 4) is 11.1 Å².